The highest BCUT2D eigenvalue weighted by Crippen LogP contribution is 2.34. The molecule has 0 bridgehead atoms. The van der Waals surface area contributed by atoms with Crippen molar-refractivity contribution in [1.82, 2.24) is 10.3 Å². The van der Waals surface area contributed by atoms with Gasteiger partial charge in [0.05, 0.1) is 11.6 Å². The van der Waals surface area contributed by atoms with Gasteiger partial charge in [0.2, 0.25) is 12.7 Å². The number of carbonyl (C=O) groups is 1. The molecular weight excluding hydrogens is 523 g/mol. The van der Waals surface area contributed by atoms with E-state index in [1.807, 2.05) is 61.5 Å². The molecule has 1 aliphatic heterocycles. The number of halogens is 3. The minimum atomic E-state index is -4.48. The highest BCUT2D eigenvalue weighted by molar-refractivity contribution is 5.98. The van der Waals surface area contributed by atoms with Gasteiger partial charge in [-0.1, -0.05) is 30.3 Å². The number of nitrogens with one attached hydrogen (secondary N) is 1. The molecule has 1 N–H and O–H groups in total. The number of alkyl halides is 3. The molecule has 0 fully saturated rings. The molecule has 10 heteroatoms. The van der Waals surface area contributed by atoms with Gasteiger partial charge in [-0.15, -0.1) is 0 Å². The number of hydrogen-bond acceptors (Lipinski definition) is 6. The van der Waals surface area contributed by atoms with Crippen LogP contribution in [-0.2, 0) is 22.1 Å². The lowest BCUT2D eigenvalue weighted by Gasteiger charge is -2.18. The zero-order chi connectivity index (χ0) is 28.3. The van der Waals surface area contributed by atoms with E-state index in [2.05, 4.69) is 10.3 Å². The average Bonchev–Trinajstić information content (AvgIpc) is 3.64. The molecule has 3 aromatic carbocycles. The maximum Gasteiger partial charge on any atom is 0.416 e. The molecule has 0 aliphatic carbocycles. The van der Waals surface area contributed by atoms with Crippen molar-refractivity contribution in [3.05, 3.63) is 108 Å². The Morgan fingerprint density at radius 1 is 0.975 bits per heavy atom. The van der Waals surface area contributed by atoms with Gasteiger partial charge in [0.15, 0.2) is 17.2 Å². The fourth-order valence-electron chi connectivity index (χ4n) is 4.24. The predicted octanol–water partition coefficient (Wildman–Crippen LogP) is 6.28. The maximum absolute atomic E-state index is 13.7. The number of oxazole rings is 1. The molecule has 1 aromatic heterocycles. The van der Waals surface area contributed by atoms with Gasteiger partial charge >= 0.3 is 6.18 Å². The van der Waals surface area contributed by atoms with Crippen LogP contribution in [-0.4, -0.2) is 37.8 Å². The van der Waals surface area contributed by atoms with Gasteiger partial charge in [-0.3, -0.25) is 4.79 Å². The Labute approximate surface area is 228 Å². The van der Waals surface area contributed by atoms with Crippen molar-refractivity contribution in [2.24, 2.45) is 0 Å². The Hall–Kier alpha value is -4.73. The van der Waals surface area contributed by atoms with Crippen LogP contribution in [0.4, 0.5) is 18.9 Å². The summed E-state index contributed by atoms with van der Waals surface area (Å²) in [6.07, 6.45) is -2.59. The maximum atomic E-state index is 13.7. The van der Waals surface area contributed by atoms with Crippen LogP contribution in [0.2, 0.25) is 0 Å². The topological polar surface area (TPSA) is 76.8 Å². The summed E-state index contributed by atoms with van der Waals surface area (Å²) in [6, 6.07) is 20.8. The zero-order valence-corrected chi connectivity index (χ0v) is 21.7. The molecule has 40 heavy (non-hydrogen) atoms. The van der Waals surface area contributed by atoms with Crippen LogP contribution < -0.4 is 10.2 Å². The Morgan fingerprint density at radius 2 is 1.65 bits per heavy atom. The highest BCUT2D eigenvalue weighted by Gasteiger charge is 2.31. The van der Waals surface area contributed by atoms with Crippen LogP contribution >= 0.6 is 0 Å². The fraction of sp³-hybridized carbons (Fsp3) is 0.200. The van der Waals surface area contributed by atoms with Crippen molar-refractivity contribution in [3.63, 3.8) is 0 Å². The van der Waals surface area contributed by atoms with Crippen molar-refractivity contribution in [1.29, 1.82) is 0 Å². The molecule has 0 saturated carbocycles. The molecule has 0 radical (unpaired) electrons. The summed E-state index contributed by atoms with van der Waals surface area (Å²) in [7, 11) is 3.81. The van der Waals surface area contributed by atoms with E-state index in [0.717, 1.165) is 23.4 Å². The van der Waals surface area contributed by atoms with Crippen LogP contribution in [0.15, 0.2) is 95.3 Å². The summed E-state index contributed by atoms with van der Waals surface area (Å²) in [4.78, 5) is 20.0. The van der Waals surface area contributed by atoms with Crippen LogP contribution in [0, 0.1) is 0 Å². The first-order valence-corrected chi connectivity index (χ1v) is 12.4. The van der Waals surface area contributed by atoms with Gasteiger partial charge in [0.25, 0.3) is 5.91 Å². The lowest BCUT2D eigenvalue weighted by Crippen LogP contribution is -2.38. The van der Waals surface area contributed by atoms with E-state index in [4.69, 9.17) is 13.9 Å². The second-order valence-corrected chi connectivity index (χ2v) is 9.38. The molecule has 0 spiro atoms. The van der Waals surface area contributed by atoms with Crippen molar-refractivity contribution >= 4 is 11.6 Å². The van der Waals surface area contributed by atoms with Gasteiger partial charge in [0, 0.05) is 37.3 Å². The first-order valence-electron chi connectivity index (χ1n) is 12.4. The summed E-state index contributed by atoms with van der Waals surface area (Å²) in [5, 5.41) is 2.97. The van der Waals surface area contributed by atoms with Gasteiger partial charge in [-0.2, -0.15) is 13.2 Å². The van der Waals surface area contributed by atoms with Crippen molar-refractivity contribution in [2.75, 3.05) is 25.8 Å². The molecule has 7 nitrogen and oxygen atoms in total. The number of aromatic nitrogens is 1. The molecule has 206 valence electrons. The Balaban J connectivity index is 1.51. The number of rotatable bonds is 8. The summed E-state index contributed by atoms with van der Waals surface area (Å²) in [5.74, 6) is 0.130. The molecule has 5 rings (SSSR count). The second kappa shape index (κ2) is 11.2. The van der Waals surface area contributed by atoms with E-state index < -0.39 is 23.7 Å². The Kier molecular flexibility index (Phi) is 7.50. The summed E-state index contributed by atoms with van der Waals surface area (Å²) in [5.41, 5.74) is 1.98. The molecule has 1 amide bonds. The van der Waals surface area contributed by atoms with Crippen molar-refractivity contribution in [3.8, 4) is 22.8 Å². The highest BCUT2D eigenvalue weighted by atomic mass is 19.4. The molecule has 1 aliphatic rings. The third kappa shape index (κ3) is 5.96. The third-order valence-corrected chi connectivity index (χ3v) is 6.37. The van der Waals surface area contributed by atoms with Gasteiger partial charge in [-0.25, -0.2) is 4.98 Å². The van der Waals surface area contributed by atoms with Crippen LogP contribution in [0.25, 0.3) is 22.8 Å². The van der Waals surface area contributed by atoms with Gasteiger partial charge in [0.1, 0.15) is 6.26 Å². The third-order valence-electron chi connectivity index (χ3n) is 6.37. The van der Waals surface area contributed by atoms with Gasteiger partial charge in [-0.05, 0) is 54.1 Å². The zero-order valence-electron chi connectivity index (χ0n) is 21.7. The van der Waals surface area contributed by atoms with E-state index in [-0.39, 0.29) is 24.1 Å². The average molecular weight is 550 g/mol. The van der Waals surface area contributed by atoms with Crippen LogP contribution in [0.1, 0.15) is 21.6 Å². The lowest BCUT2D eigenvalue weighted by molar-refractivity contribution is -0.137. The standard InChI is InChI=1S/C30H26F3N3O4/c1-36(2)23-14-10-20(11-15-23)27-26(35-29(40-27)21-8-12-22(13-9-21)30(31,32)33)28(37)34-24(25-17-38-18-39-25)16-19-6-4-3-5-7-19/h3-15,17,24H,16,18H2,1-2H3,(H,34,37). The first kappa shape index (κ1) is 26.9. The monoisotopic (exact) mass is 549 g/mol. The number of amides is 1. The minimum Gasteiger partial charge on any atom is -0.462 e. The van der Waals surface area contributed by atoms with Crippen LogP contribution in [0.5, 0.6) is 0 Å². The summed E-state index contributed by atoms with van der Waals surface area (Å²) in [6.45, 7) is 0.0436. The normalized spacial score (nSPS) is 13.7. The number of ether oxygens (including phenoxy) is 2. The number of nitrogens with zero attached hydrogens (tertiary/aromatic N) is 2. The number of hydrogen-bond donors (Lipinski definition) is 1. The Morgan fingerprint density at radius 3 is 2.25 bits per heavy atom. The van der Waals surface area contributed by atoms with Crippen molar-refractivity contribution < 1.29 is 31.9 Å². The molecule has 1 atom stereocenters. The van der Waals surface area contributed by atoms with E-state index in [1.165, 1.54) is 18.4 Å². The predicted molar refractivity (Wildman–Crippen MR) is 143 cm³/mol. The molecule has 2 heterocycles. The first-order chi connectivity index (χ1) is 19.2. The summed E-state index contributed by atoms with van der Waals surface area (Å²) < 4.78 is 56.1. The molecule has 4 aromatic rings. The number of benzene rings is 3. The minimum absolute atomic E-state index is 0.00919. The Bertz CT molecular complexity index is 1500. The quantitative estimate of drug-likeness (QED) is 0.279. The molecule has 0 saturated heterocycles. The fourth-order valence-corrected chi connectivity index (χ4v) is 4.24. The smallest absolute Gasteiger partial charge is 0.416 e. The van der Waals surface area contributed by atoms with Gasteiger partial charge < -0.3 is 24.1 Å². The lowest BCUT2D eigenvalue weighted by atomic mass is 10.0. The number of anilines is 1. The van der Waals surface area contributed by atoms with E-state index in [1.54, 1.807) is 12.1 Å². The number of carbonyl (C=O) groups excluding carboxylic acids is 1. The summed E-state index contributed by atoms with van der Waals surface area (Å²) >= 11 is 0. The van der Waals surface area contributed by atoms with Crippen LogP contribution in [0.3, 0.4) is 0 Å². The van der Waals surface area contributed by atoms with E-state index in [0.29, 0.717) is 23.3 Å². The molecular formula is C30H26F3N3O4. The largest absolute Gasteiger partial charge is 0.462 e. The SMILES string of the molecule is CN(C)c1ccc(-c2oc(-c3ccc(C(F)(F)F)cc3)nc2C(=O)NC(Cc2ccccc2)C2=COCO2)cc1. The second-order valence-electron chi connectivity index (χ2n) is 9.38. The van der Waals surface area contributed by atoms with Crippen molar-refractivity contribution in [2.45, 2.75) is 18.6 Å². The molecule has 1 unspecified atom stereocenters. The van der Waals surface area contributed by atoms with E-state index in [9.17, 15) is 18.0 Å². The van der Waals surface area contributed by atoms with E-state index >= 15 is 0 Å².